The van der Waals surface area contributed by atoms with E-state index in [9.17, 15) is 4.79 Å². The molecule has 39 heavy (non-hydrogen) atoms. The zero-order valence-electron chi connectivity index (χ0n) is 21.9. The normalized spacial score (nSPS) is 16.5. The molecule has 6 rings (SSSR count). The smallest absolute Gasteiger partial charge is 0.231 e. The molecule has 1 fully saturated rings. The van der Waals surface area contributed by atoms with Crippen LogP contribution in [0.4, 0.5) is 11.5 Å². The first kappa shape index (κ1) is 24.8. The SMILES string of the molecule is COc1ccc(-c2nnc3c4ccccc4c(Nc4ccc(C5CN(CC(N)=O)CCN5C)cc4)nn23)cc1. The maximum Gasteiger partial charge on any atom is 0.231 e. The van der Waals surface area contributed by atoms with Crippen LogP contribution in [0.2, 0.25) is 0 Å². The van der Waals surface area contributed by atoms with E-state index in [1.807, 2.05) is 48.5 Å². The van der Waals surface area contributed by atoms with Gasteiger partial charge in [-0.25, -0.2) is 0 Å². The van der Waals surface area contributed by atoms with Crippen LogP contribution < -0.4 is 15.8 Å². The molecule has 10 heteroatoms. The van der Waals surface area contributed by atoms with Crippen LogP contribution in [0.5, 0.6) is 5.75 Å². The highest BCUT2D eigenvalue weighted by atomic mass is 16.5. The van der Waals surface area contributed by atoms with Crippen LogP contribution in [-0.4, -0.2) is 75.9 Å². The van der Waals surface area contributed by atoms with Crippen molar-refractivity contribution in [2.75, 3.05) is 45.7 Å². The monoisotopic (exact) mass is 522 g/mol. The molecule has 0 radical (unpaired) electrons. The Labute approximate surface area is 226 Å². The van der Waals surface area contributed by atoms with Crippen molar-refractivity contribution in [2.45, 2.75) is 6.04 Å². The maximum absolute atomic E-state index is 11.4. The third kappa shape index (κ3) is 4.87. The number of primary amides is 1. The largest absolute Gasteiger partial charge is 0.497 e. The number of nitrogens with one attached hydrogen (secondary N) is 1. The maximum atomic E-state index is 11.4. The molecule has 1 aliphatic heterocycles. The molecular formula is C29H30N8O2. The van der Waals surface area contributed by atoms with Crippen LogP contribution in [0.25, 0.3) is 27.8 Å². The fourth-order valence-electron chi connectivity index (χ4n) is 5.17. The van der Waals surface area contributed by atoms with E-state index in [2.05, 4.69) is 56.6 Å². The van der Waals surface area contributed by atoms with Gasteiger partial charge in [0.25, 0.3) is 0 Å². The lowest BCUT2D eigenvalue weighted by Crippen LogP contribution is -2.49. The van der Waals surface area contributed by atoms with E-state index in [1.165, 1.54) is 5.56 Å². The van der Waals surface area contributed by atoms with Gasteiger partial charge in [0.15, 0.2) is 17.3 Å². The molecule has 2 aromatic heterocycles. The second kappa shape index (κ2) is 10.3. The Balaban J connectivity index is 1.32. The molecule has 3 N–H and O–H groups in total. The van der Waals surface area contributed by atoms with Gasteiger partial charge in [0.2, 0.25) is 5.91 Å². The van der Waals surface area contributed by atoms with Crippen LogP contribution in [0, 0.1) is 0 Å². The van der Waals surface area contributed by atoms with E-state index in [4.69, 9.17) is 15.6 Å². The average Bonchev–Trinajstić information content (AvgIpc) is 3.38. The zero-order valence-corrected chi connectivity index (χ0v) is 21.9. The Kier molecular flexibility index (Phi) is 6.55. The van der Waals surface area contributed by atoms with E-state index in [1.54, 1.807) is 11.6 Å². The first-order chi connectivity index (χ1) is 19.0. The summed E-state index contributed by atoms with van der Waals surface area (Å²) in [4.78, 5) is 15.9. The Morgan fingerprint density at radius 3 is 2.46 bits per heavy atom. The van der Waals surface area contributed by atoms with Gasteiger partial charge < -0.3 is 15.8 Å². The average molecular weight is 523 g/mol. The molecule has 0 bridgehead atoms. The Morgan fingerprint density at radius 2 is 1.74 bits per heavy atom. The summed E-state index contributed by atoms with van der Waals surface area (Å²) < 4.78 is 7.08. The molecule has 1 amide bonds. The number of fused-ring (bicyclic) bond motifs is 3. The lowest BCUT2D eigenvalue weighted by atomic mass is 10.0. The van der Waals surface area contributed by atoms with Crippen LogP contribution >= 0.6 is 0 Å². The van der Waals surface area contributed by atoms with Crippen molar-refractivity contribution in [3.05, 3.63) is 78.4 Å². The number of hydrogen-bond donors (Lipinski definition) is 2. The van der Waals surface area contributed by atoms with Crippen molar-refractivity contribution in [1.29, 1.82) is 0 Å². The molecule has 0 spiro atoms. The molecule has 1 unspecified atom stereocenters. The number of piperazine rings is 1. The van der Waals surface area contributed by atoms with E-state index in [0.29, 0.717) is 17.3 Å². The van der Waals surface area contributed by atoms with E-state index >= 15 is 0 Å². The molecule has 1 saturated heterocycles. The molecule has 0 aliphatic carbocycles. The lowest BCUT2D eigenvalue weighted by molar-refractivity contribution is -0.119. The molecule has 3 aromatic carbocycles. The van der Waals surface area contributed by atoms with Crippen LogP contribution in [0.15, 0.2) is 72.8 Å². The Morgan fingerprint density at radius 1 is 1.00 bits per heavy atom. The van der Waals surface area contributed by atoms with Crippen LogP contribution in [-0.2, 0) is 4.79 Å². The molecule has 3 heterocycles. The molecule has 10 nitrogen and oxygen atoms in total. The highest BCUT2D eigenvalue weighted by molar-refractivity contribution is 6.01. The quantitative estimate of drug-likeness (QED) is 0.334. The van der Waals surface area contributed by atoms with Gasteiger partial charge in [0.1, 0.15) is 5.75 Å². The molecule has 5 aromatic rings. The van der Waals surface area contributed by atoms with E-state index < -0.39 is 0 Å². The number of benzene rings is 3. The van der Waals surface area contributed by atoms with Gasteiger partial charge in [-0.15, -0.1) is 15.3 Å². The standard InChI is InChI=1S/C29H30N8O2/c1-35-15-16-36(18-26(30)38)17-25(35)19-7-11-21(12-8-19)31-27-23-5-3-4-6-24(23)29-33-32-28(37(29)34-27)20-9-13-22(39-2)14-10-20/h3-14,25H,15-18H2,1-2H3,(H2,30,38)(H,31,34). The van der Waals surface area contributed by atoms with Crippen LogP contribution in [0.3, 0.4) is 0 Å². The lowest BCUT2D eigenvalue weighted by Gasteiger charge is -2.39. The number of amides is 1. The summed E-state index contributed by atoms with van der Waals surface area (Å²) in [5.41, 5.74) is 9.12. The number of aromatic nitrogens is 4. The van der Waals surface area contributed by atoms with Gasteiger partial charge in [0, 0.05) is 47.7 Å². The van der Waals surface area contributed by atoms with Crippen molar-refractivity contribution in [3.63, 3.8) is 0 Å². The first-order valence-electron chi connectivity index (χ1n) is 12.9. The number of carbonyl (C=O) groups excluding carboxylic acids is 1. The number of nitrogens with two attached hydrogens (primary N) is 1. The highest BCUT2D eigenvalue weighted by Gasteiger charge is 2.26. The minimum atomic E-state index is -0.294. The van der Waals surface area contributed by atoms with Crippen molar-refractivity contribution in [3.8, 4) is 17.1 Å². The number of carbonyl (C=O) groups is 1. The first-order valence-corrected chi connectivity index (χ1v) is 12.9. The minimum Gasteiger partial charge on any atom is -0.497 e. The van der Waals surface area contributed by atoms with E-state index in [-0.39, 0.29) is 18.5 Å². The number of likely N-dealkylation sites (N-methyl/N-ethyl adjacent to an activating group) is 1. The second-order valence-electron chi connectivity index (χ2n) is 9.83. The third-order valence-corrected chi connectivity index (χ3v) is 7.28. The van der Waals surface area contributed by atoms with Gasteiger partial charge in [-0.3, -0.25) is 14.6 Å². The molecule has 0 saturated carbocycles. The number of hydrogen-bond acceptors (Lipinski definition) is 8. The predicted octanol–water partition coefficient (Wildman–Crippen LogP) is 3.47. The van der Waals surface area contributed by atoms with Gasteiger partial charge in [-0.2, -0.15) is 4.52 Å². The number of ether oxygens (including phenoxy) is 1. The molecule has 1 atom stereocenters. The minimum absolute atomic E-state index is 0.187. The van der Waals surface area contributed by atoms with Crippen molar-refractivity contribution < 1.29 is 9.53 Å². The summed E-state index contributed by atoms with van der Waals surface area (Å²) in [6.45, 7) is 2.76. The zero-order chi connectivity index (χ0) is 26.9. The van der Waals surface area contributed by atoms with Crippen molar-refractivity contribution in [1.82, 2.24) is 29.6 Å². The molecular weight excluding hydrogens is 492 g/mol. The number of anilines is 2. The summed E-state index contributed by atoms with van der Waals surface area (Å²) in [5.74, 6) is 1.84. The number of methoxy groups -OCH3 is 1. The Hall–Kier alpha value is -4.54. The third-order valence-electron chi connectivity index (χ3n) is 7.28. The van der Waals surface area contributed by atoms with Crippen molar-refractivity contribution >= 4 is 33.8 Å². The number of rotatable bonds is 7. The number of nitrogens with zero attached hydrogens (tertiary/aromatic N) is 6. The van der Waals surface area contributed by atoms with Gasteiger partial charge in [0.05, 0.1) is 13.7 Å². The molecule has 1 aliphatic rings. The Bertz CT molecular complexity index is 1630. The second-order valence-corrected chi connectivity index (χ2v) is 9.83. The summed E-state index contributed by atoms with van der Waals surface area (Å²) >= 11 is 0. The fourth-order valence-corrected chi connectivity index (χ4v) is 5.17. The van der Waals surface area contributed by atoms with Crippen molar-refractivity contribution in [2.24, 2.45) is 5.73 Å². The summed E-state index contributed by atoms with van der Waals surface area (Å²) in [5, 5.41) is 19.3. The van der Waals surface area contributed by atoms with Crippen LogP contribution in [0.1, 0.15) is 11.6 Å². The van der Waals surface area contributed by atoms with Gasteiger partial charge in [-0.05, 0) is 49.0 Å². The summed E-state index contributed by atoms with van der Waals surface area (Å²) in [7, 11) is 3.76. The summed E-state index contributed by atoms with van der Waals surface area (Å²) in [6.07, 6.45) is 0. The van der Waals surface area contributed by atoms with Gasteiger partial charge in [-0.1, -0.05) is 36.4 Å². The highest BCUT2D eigenvalue weighted by Crippen LogP contribution is 2.31. The topological polar surface area (TPSA) is 114 Å². The summed E-state index contributed by atoms with van der Waals surface area (Å²) in [6, 6.07) is 24.3. The van der Waals surface area contributed by atoms with Gasteiger partial charge >= 0.3 is 0 Å². The predicted molar refractivity (Wildman–Crippen MR) is 151 cm³/mol. The fraction of sp³-hybridized carbons (Fsp3) is 0.241. The molecule has 198 valence electrons. The van der Waals surface area contributed by atoms with E-state index in [0.717, 1.165) is 47.4 Å².